The predicted molar refractivity (Wildman–Crippen MR) is 128 cm³/mol. The zero-order valence-corrected chi connectivity index (χ0v) is 18.9. The van der Waals surface area contributed by atoms with E-state index in [1.165, 1.54) is 0 Å². The van der Waals surface area contributed by atoms with Crippen LogP contribution in [-0.2, 0) is 11.2 Å². The molecule has 0 fully saturated rings. The molecule has 166 valence electrons. The summed E-state index contributed by atoms with van der Waals surface area (Å²) in [5.74, 6) is 0.182. The number of ether oxygens (including phenoxy) is 1. The SMILES string of the molecule is CC[C@H](Oc1ccc(C)cc1C)C(=O)Nc1ccccc1C(=O)NCCc1ccccc1. The Morgan fingerprint density at radius 2 is 1.66 bits per heavy atom. The van der Waals surface area contributed by atoms with E-state index in [0.29, 0.717) is 30.0 Å². The molecule has 2 N–H and O–H groups in total. The van der Waals surface area contributed by atoms with Gasteiger partial charge in [-0.1, -0.05) is 67.1 Å². The number of benzene rings is 3. The average Bonchev–Trinajstić information content (AvgIpc) is 2.79. The van der Waals surface area contributed by atoms with E-state index in [1.807, 2.05) is 69.3 Å². The lowest BCUT2D eigenvalue weighted by Gasteiger charge is -2.20. The molecule has 0 aliphatic carbocycles. The van der Waals surface area contributed by atoms with E-state index < -0.39 is 6.10 Å². The van der Waals surface area contributed by atoms with Gasteiger partial charge in [-0.05, 0) is 56.0 Å². The molecule has 0 radical (unpaired) electrons. The van der Waals surface area contributed by atoms with Crippen LogP contribution in [0.1, 0.15) is 40.4 Å². The fourth-order valence-corrected chi connectivity index (χ4v) is 3.47. The van der Waals surface area contributed by atoms with Crippen molar-refractivity contribution >= 4 is 17.5 Å². The highest BCUT2D eigenvalue weighted by Gasteiger charge is 2.21. The second-order valence-corrected chi connectivity index (χ2v) is 7.81. The van der Waals surface area contributed by atoms with E-state index in [1.54, 1.807) is 24.3 Å². The number of amides is 2. The van der Waals surface area contributed by atoms with Crippen LogP contribution in [0.2, 0.25) is 0 Å². The summed E-state index contributed by atoms with van der Waals surface area (Å²) in [6, 6.07) is 22.9. The highest BCUT2D eigenvalue weighted by molar-refractivity contribution is 6.04. The zero-order valence-electron chi connectivity index (χ0n) is 18.9. The fourth-order valence-electron chi connectivity index (χ4n) is 3.47. The normalized spacial score (nSPS) is 11.5. The van der Waals surface area contributed by atoms with Gasteiger partial charge in [-0.15, -0.1) is 0 Å². The van der Waals surface area contributed by atoms with Gasteiger partial charge in [-0.3, -0.25) is 9.59 Å². The first kappa shape index (κ1) is 23.1. The first-order chi connectivity index (χ1) is 15.5. The summed E-state index contributed by atoms with van der Waals surface area (Å²) >= 11 is 0. The molecule has 0 heterocycles. The van der Waals surface area contributed by atoms with Gasteiger partial charge in [0.2, 0.25) is 0 Å². The Bertz CT molecular complexity index is 1060. The molecule has 3 aromatic rings. The van der Waals surface area contributed by atoms with Crippen molar-refractivity contribution in [1.82, 2.24) is 5.32 Å². The molecule has 0 aliphatic rings. The Labute approximate surface area is 189 Å². The number of hydrogen-bond acceptors (Lipinski definition) is 3. The number of para-hydroxylation sites is 1. The third-order valence-electron chi connectivity index (χ3n) is 5.23. The van der Waals surface area contributed by atoms with Gasteiger partial charge in [0.25, 0.3) is 11.8 Å². The molecule has 5 heteroatoms. The molecule has 2 amide bonds. The van der Waals surface area contributed by atoms with Gasteiger partial charge < -0.3 is 15.4 Å². The molecule has 0 aliphatic heterocycles. The lowest BCUT2D eigenvalue weighted by molar-refractivity contribution is -0.122. The maximum absolute atomic E-state index is 12.9. The Morgan fingerprint density at radius 1 is 0.938 bits per heavy atom. The number of carbonyl (C=O) groups excluding carboxylic acids is 2. The fraction of sp³-hybridized carbons (Fsp3) is 0.259. The highest BCUT2D eigenvalue weighted by atomic mass is 16.5. The van der Waals surface area contributed by atoms with Gasteiger partial charge in [-0.2, -0.15) is 0 Å². The van der Waals surface area contributed by atoms with Crippen molar-refractivity contribution < 1.29 is 14.3 Å². The van der Waals surface area contributed by atoms with E-state index in [2.05, 4.69) is 10.6 Å². The Hall–Kier alpha value is -3.60. The molecule has 0 unspecified atom stereocenters. The van der Waals surface area contributed by atoms with Gasteiger partial charge in [0.15, 0.2) is 6.10 Å². The van der Waals surface area contributed by atoms with Crippen molar-refractivity contribution in [3.63, 3.8) is 0 Å². The molecule has 3 aromatic carbocycles. The zero-order chi connectivity index (χ0) is 22.9. The summed E-state index contributed by atoms with van der Waals surface area (Å²) in [4.78, 5) is 25.7. The Morgan fingerprint density at radius 3 is 2.38 bits per heavy atom. The number of hydrogen-bond donors (Lipinski definition) is 2. The molecule has 1 atom stereocenters. The summed E-state index contributed by atoms with van der Waals surface area (Å²) in [7, 11) is 0. The van der Waals surface area contributed by atoms with E-state index in [0.717, 1.165) is 23.1 Å². The lowest BCUT2D eigenvalue weighted by Crippen LogP contribution is -2.34. The van der Waals surface area contributed by atoms with Crippen molar-refractivity contribution in [2.24, 2.45) is 0 Å². The quantitative estimate of drug-likeness (QED) is 0.498. The molecule has 5 nitrogen and oxygen atoms in total. The molecular weight excluding hydrogens is 400 g/mol. The van der Waals surface area contributed by atoms with Gasteiger partial charge in [0, 0.05) is 6.54 Å². The van der Waals surface area contributed by atoms with Gasteiger partial charge in [-0.25, -0.2) is 0 Å². The summed E-state index contributed by atoms with van der Waals surface area (Å²) in [6.07, 6.45) is 0.582. The van der Waals surface area contributed by atoms with Crippen molar-refractivity contribution in [1.29, 1.82) is 0 Å². The lowest BCUT2D eigenvalue weighted by atomic mass is 10.1. The number of rotatable bonds is 9. The largest absolute Gasteiger partial charge is 0.480 e. The third kappa shape index (κ3) is 6.20. The van der Waals surface area contributed by atoms with Crippen LogP contribution in [0.5, 0.6) is 5.75 Å². The van der Waals surface area contributed by atoms with Gasteiger partial charge in [0.05, 0.1) is 11.3 Å². The standard InChI is InChI=1S/C27H30N2O3/c1-4-24(32-25-15-14-19(2)18-20(25)3)27(31)29-23-13-9-8-12-22(23)26(30)28-17-16-21-10-6-5-7-11-21/h5-15,18,24H,4,16-17H2,1-3H3,(H,28,30)(H,29,31)/t24-/m0/s1. The van der Waals surface area contributed by atoms with Crippen LogP contribution in [0.4, 0.5) is 5.69 Å². The number of aryl methyl sites for hydroxylation is 2. The second kappa shape index (κ2) is 11.1. The molecule has 0 aromatic heterocycles. The van der Waals surface area contributed by atoms with Crippen molar-refractivity contribution in [3.8, 4) is 5.75 Å². The smallest absolute Gasteiger partial charge is 0.265 e. The molecule has 0 spiro atoms. The maximum atomic E-state index is 12.9. The first-order valence-corrected chi connectivity index (χ1v) is 10.9. The van der Waals surface area contributed by atoms with Crippen LogP contribution in [0, 0.1) is 13.8 Å². The summed E-state index contributed by atoms with van der Waals surface area (Å²) in [5.41, 5.74) is 4.17. The minimum absolute atomic E-state index is 0.222. The van der Waals surface area contributed by atoms with E-state index in [9.17, 15) is 9.59 Å². The van der Waals surface area contributed by atoms with E-state index >= 15 is 0 Å². The van der Waals surface area contributed by atoms with Gasteiger partial charge >= 0.3 is 0 Å². The van der Waals surface area contributed by atoms with Crippen LogP contribution in [-0.4, -0.2) is 24.5 Å². The van der Waals surface area contributed by atoms with Gasteiger partial charge in [0.1, 0.15) is 5.75 Å². The van der Waals surface area contributed by atoms with Crippen LogP contribution >= 0.6 is 0 Å². The minimum Gasteiger partial charge on any atom is -0.480 e. The maximum Gasteiger partial charge on any atom is 0.265 e. The minimum atomic E-state index is -0.661. The average molecular weight is 431 g/mol. The number of carbonyl (C=O) groups is 2. The molecular formula is C27H30N2O3. The van der Waals surface area contributed by atoms with E-state index in [4.69, 9.17) is 4.74 Å². The second-order valence-electron chi connectivity index (χ2n) is 7.81. The van der Waals surface area contributed by atoms with Crippen LogP contribution in [0.3, 0.4) is 0 Å². The summed E-state index contributed by atoms with van der Waals surface area (Å²) in [6.45, 7) is 6.39. The molecule has 0 saturated heterocycles. The molecule has 0 saturated carbocycles. The number of nitrogens with one attached hydrogen (secondary N) is 2. The molecule has 32 heavy (non-hydrogen) atoms. The van der Waals surface area contributed by atoms with Crippen LogP contribution < -0.4 is 15.4 Å². The number of anilines is 1. The van der Waals surface area contributed by atoms with Crippen molar-refractivity contribution in [2.75, 3.05) is 11.9 Å². The first-order valence-electron chi connectivity index (χ1n) is 10.9. The van der Waals surface area contributed by atoms with Crippen molar-refractivity contribution in [3.05, 3.63) is 95.1 Å². The molecule has 0 bridgehead atoms. The summed E-state index contributed by atoms with van der Waals surface area (Å²) in [5, 5.41) is 5.81. The van der Waals surface area contributed by atoms with Crippen molar-refractivity contribution in [2.45, 2.75) is 39.7 Å². The topological polar surface area (TPSA) is 67.4 Å². The predicted octanol–water partition coefficient (Wildman–Crippen LogP) is 5.07. The monoisotopic (exact) mass is 430 g/mol. The molecule has 3 rings (SSSR count). The van der Waals surface area contributed by atoms with Crippen LogP contribution in [0.25, 0.3) is 0 Å². The summed E-state index contributed by atoms with van der Waals surface area (Å²) < 4.78 is 5.99. The highest BCUT2D eigenvalue weighted by Crippen LogP contribution is 2.22. The third-order valence-corrected chi connectivity index (χ3v) is 5.23. The van der Waals surface area contributed by atoms with Crippen LogP contribution in [0.15, 0.2) is 72.8 Å². The van der Waals surface area contributed by atoms with E-state index in [-0.39, 0.29) is 11.8 Å². The Kier molecular flexibility index (Phi) is 8.03. The Balaban J connectivity index is 1.64.